The van der Waals surface area contributed by atoms with Gasteiger partial charge in [0.15, 0.2) is 0 Å². The van der Waals surface area contributed by atoms with Crippen molar-refractivity contribution in [1.82, 2.24) is 9.97 Å². The molecule has 0 aliphatic heterocycles. The summed E-state index contributed by atoms with van der Waals surface area (Å²) in [6.07, 6.45) is 3.01. The predicted octanol–water partition coefficient (Wildman–Crippen LogP) is 1.15. The highest BCUT2D eigenvalue weighted by atomic mass is 16.5. The van der Waals surface area contributed by atoms with Crippen LogP contribution in [0.1, 0.15) is 26.5 Å². The summed E-state index contributed by atoms with van der Waals surface area (Å²) >= 11 is 0. The molecular formula is C9H14N2O2. The lowest BCUT2D eigenvalue weighted by Gasteiger charge is -2.19. The number of aromatic nitrogens is 2. The normalized spacial score (nSPS) is 11.4. The summed E-state index contributed by atoms with van der Waals surface area (Å²) in [5, 5.41) is 8.72. The minimum absolute atomic E-state index is 0.0944. The van der Waals surface area contributed by atoms with Gasteiger partial charge in [-0.3, -0.25) is 4.98 Å². The molecule has 0 bridgehead atoms. The molecule has 0 amide bonds. The molecule has 0 unspecified atom stereocenters. The van der Waals surface area contributed by atoms with Gasteiger partial charge < -0.3 is 9.84 Å². The Balaban J connectivity index is 2.70. The molecule has 4 nitrogen and oxygen atoms in total. The molecule has 4 heteroatoms. The number of hydrogen-bond acceptors (Lipinski definition) is 4. The Bertz CT molecular complexity index is 264. The Morgan fingerprint density at radius 2 is 2.00 bits per heavy atom. The van der Waals surface area contributed by atoms with Gasteiger partial charge in [0.2, 0.25) is 5.88 Å². The molecule has 0 spiro atoms. The highest BCUT2D eigenvalue weighted by Crippen LogP contribution is 2.13. The van der Waals surface area contributed by atoms with E-state index in [1.807, 2.05) is 20.8 Å². The van der Waals surface area contributed by atoms with Gasteiger partial charge in [0.05, 0.1) is 24.7 Å². The first kappa shape index (κ1) is 9.92. The fourth-order valence-electron chi connectivity index (χ4n) is 0.791. The van der Waals surface area contributed by atoms with Gasteiger partial charge >= 0.3 is 0 Å². The van der Waals surface area contributed by atoms with Crippen LogP contribution in [0, 0.1) is 0 Å². The number of ether oxygens (including phenoxy) is 1. The van der Waals surface area contributed by atoms with Crippen molar-refractivity contribution >= 4 is 0 Å². The zero-order chi connectivity index (χ0) is 9.90. The van der Waals surface area contributed by atoms with Crippen molar-refractivity contribution < 1.29 is 9.84 Å². The standard InChI is InChI=1S/C9H14N2O2/c1-9(2,3)13-8-5-10-7(6-12)4-11-8/h4-5,12H,6H2,1-3H3. The molecule has 0 saturated heterocycles. The summed E-state index contributed by atoms with van der Waals surface area (Å²) in [4.78, 5) is 7.93. The van der Waals surface area contributed by atoms with Crippen molar-refractivity contribution in [2.75, 3.05) is 0 Å². The predicted molar refractivity (Wildman–Crippen MR) is 48.3 cm³/mol. The second-order valence-electron chi connectivity index (χ2n) is 3.72. The van der Waals surface area contributed by atoms with Crippen molar-refractivity contribution in [3.05, 3.63) is 18.1 Å². The minimum Gasteiger partial charge on any atom is -0.471 e. The first-order valence-corrected chi connectivity index (χ1v) is 4.12. The van der Waals surface area contributed by atoms with Crippen LogP contribution in [-0.4, -0.2) is 20.7 Å². The van der Waals surface area contributed by atoms with Gasteiger partial charge in [-0.05, 0) is 20.8 Å². The minimum atomic E-state index is -0.268. The maximum Gasteiger partial charge on any atom is 0.232 e. The van der Waals surface area contributed by atoms with Crippen molar-refractivity contribution in [3.63, 3.8) is 0 Å². The summed E-state index contributed by atoms with van der Waals surface area (Å²) in [6.45, 7) is 5.72. The average Bonchev–Trinajstić information content (AvgIpc) is 2.03. The molecule has 0 saturated carbocycles. The highest BCUT2D eigenvalue weighted by molar-refractivity contribution is 5.07. The number of rotatable bonds is 2. The quantitative estimate of drug-likeness (QED) is 0.745. The summed E-state index contributed by atoms with van der Waals surface area (Å²) in [5.74, 6) is 0.477. The van der Waals surface area contributed by atoms with Crippen molar-refractivity contribution in [2.45, 2.75) is 33.0 Å². The summed E-state index contributed by atoms with van der Waals surface area (Å²) < 4.78 is 5.45. The topological polar surface area (TPSA) is 55.2 Å². The van der Waals surface area contributed by atoms with Gasteiger partial charge in [0.1, 0.15) is 5.60 Å². The van der Waals surface area contributed by atoms with Crippen molar-refractivity contribution in [1.29, 1.82) is 0 Å². The van der Waals surface area contributed by atoms with Crippen LogP contribution in [0.25, 0.3) is 0 Å². The maximum atomic E-state index is 8.72. The van der Waals surface area contributed by atoms with E-state index in [0.717, 1.165) is 0 Å². The number of nitrogens with zero attached hydrogens (tertiary/aromatic N) is 2. The van der Waals surface area contributed by atoms with Gasteiger partial charge in [0.25, 0.3) is 0 Å². The van der Waals surface area contributed by atoms with E-state index in [2.05, 4.69) is 9.97 Å². The molecule has 1 aromatic heterocycles. The van der Waals surface area contributed by atoms with Crippen LogP contribution in [0.3, 0.4) is 0 Å². The third kappa shape index (κ3) is 3.38. The fourth-order valence-corrected chi connectivity index (χ4v) is 0.791. The summed E-state index contributed by atoms with van der Waals surface area (Å²) in [7, 11) is 0. The van der Waals surface area contributed by atoms with E-state index in [4.69, 9.17) is 9.84 Å². The van der Waals surface area contributed by atoms with Crippen LogP contribution in [0.15, 0.2) is 12.4 Å². The van der Waals surface area contributed by atoms with Crippen LogP contribution >= 0.6 is 0 Å². The fraction of sp³-hybridized carbons (Fsp3) is 0.556. The lowest BCUT2D eigenvalue weighted by atomic mass is 10.2. The third-order valence-electron chi connectivity index (χ3n) is 1.25. The third-order valence-corrected chi connectivity index (χ3v) is 1.25. The van der Waals surface area contributed by atoms with Gasteiger partial charge in [-0.25, -0.2) is 4.98 Å². The number of aliphatic hydroxyl groups is 1. The lowest BCUT2D eigenvalue weighted by molar-refractivity contribution is 0.123. The molecular weight excluding hydrogens is 168 g/mol. The van der Waals surface area contributed by atoms with Gasteiger partial charge in [-0.15, -0.1) is 0 Å². The van der Waals surface area contributed by atoms with Crippen LogP contribution < -0.4 is 4.74 Å². The highest BCUT2D eigenvalue weighted by Gasteiger charge is 2.12. The zero-order valence-corrected chi connectivity index (χ0v) is 8.11. The molecule has 1 rings (SSSR count). The van der Waals surface area contributed by atoms with E-state index in [0.29, 0.717) is 11.6 Å². The SMILES string of the molecule is CC(C)(C)Oc1cnc(CO)cn1. The first-order chi connectivity index (χ1) is 6.01. The van der Waals surface area contributed by atoms with Crippen molar-refractivity contribution in [3.8, 4) is 5.88 Å². The molecule has 72 valence electrons. The largest absolute Gasteiger partial charge is 0.471 e. The summed E-state index contributed by atoms with van der Waals surface area (Å²) in [5.41, 5.74) is 0.274. The second kappa shape index (κ2) is 3.70. The lowest BCUT2D eigenvalue weighted by Crippen LogP contribution is -2.23. The Kier molecular flexibility index (Phi) is 2.83. The molecule has 0 aromatic carbocycles. The molecule has 13 heavy (non-hydrogen) atoms. The Hall–Kier alpha value is -1.16. The van der Waals surface area contributed by atoms with E-state index >= 15 is 0 Å². The monoisotopic (exact) mass is 182 g/mol. The van der Waals surface area contributed by atoms with Crippen LogP contribution in [-0.2, 0) is 6.61 Å². The van der Waals surface area contributed by atoms with Crippen LogP contribution in [0.5, 0.6) is 5.88 Å². The van der Waals surface area contributed by atoms with E-state index in [9.17, 15) is 0 Å². The van der Waals surface area contributed by atoms with Gasteiger partial charge in [0, 0.05) is 0 Å². The maximum absolute atomic E-state index is 8.72. The zero-order valence-electron chi connectivity index (χ0n) is 8.11. The molecule has 1 N–H and O–H groups in total. The molecule has 0 aliphatic carbocycles. The summed E-state index contributed by atoms with van der Waals surface area (Å²) in [6, 6.07) is 0. The first-order valence-electron chi connectivity index (χ1n) is 4.12. The molecule has 1 heterocycles. The van der Waals surface area contributed by atoms with Crippen molar-refractivity contribution in [2.24, 2.45) is 0 Å². The van der Waals surface area contributed by atoms with E-state index in [-0.39, 0.29) is 12.2 Å². The molecule has 0 fully saturated rings. The number of hydrogen-bond donors (Lipinski definition) is 1. The van der Waals surface area contributed by atoms with Gasteiger partial charge in [-0.1, -0.05) is 0 Å². The molecule has 0 radical (unpaired) electrons. The van der Waals surface area contributed by atoms with E-state index < -0.39 is 0 Å². The van der Waals surface area contributed by atoms with Crippen LogP contribution in [0.2, 0.25) is 0 Å². The Labute approximate surface area is 77.6 Å². The Morgan fingerprint density at radius 1 is 1.31 bits per heavy atom. The second-order valence-corrected chi connectivity index (χ2v) is 3.72. The molecule has 1 aromatic rings. The smallest absolute Gasteiger partial charge is 0.232 e. The molecule has 0 aliphatic rings. The molecule has 0 atom stereocenters. The van der Waals surface area contributed by atoms with E-state index in [1.165, 1.54) is 12.4 Å². The Morgan fingerprint density at radius 3 is 2.38 bits per heavy atom. The van der Waals surface area contributed by atoms with E-state index in [1.54, 1.807) is 0 Å². The van der Waals surface area contributed by atoms with Crippen LogP contribution in [0.4, 0.5) is 0 Å². The number of aliphatic hydroxyl groups excluding tert-OH is 1. The van der Waals surface area contributed by atoms with Gasteiger partial charge in [-0.2, -0.15) is 0 Å². The average molecular weight is 182 g/mol.